The summed E-state index contributed by atoms with van der Waals surface area (Å²) < 4.78 is 22.9. The minimum absolute atomic E-state index is 0.234. The van der Waals surface area contributed by atoms with E-state index in [1.54, 1.807) is 6.92 Å². The molecule has 4 heteroatoms. The maximum absolute atomic E-state index is 11.5. The van der Waals surface area contributed by atoms with Crippen LogP contribution in [0.2, 0.25) is 0 Å². The third-order valence-electron chi connectivity index (χ3n) is 3.53. The third kappa shape index (κ3) is 5.33. The molecule has 0 amide bonds. The molecule has 19 heavy (non-hydrogen) atoms. The van der Waals surface area contributed by atoms with E-state index in [1.165, 1.54) is 11.1 Å². The summed E-state index contributed by atoms with van der Waals surface area (Å²) in [5.74, 6) is 0.525. The van der Waals surface area contributed by atoms with Crippen molar-refractivity contribution in [2.45, 2.75) is 39.2 Å². The Morgan fingerprint density at radius 1 is 1.16 bits per heavy atom. The smallest absolute Gasteiger partial charge is 0.150 e. The fourth-order valence-corrected chi connectivity index (χ4v) is 3.01. The zero-order chi connectivity index (χ0) is 14.3. The minimum atomic E-state index is -2.84. The van der Waals surface area contributed by atoms with Crippen LogP contribution >= 0.6 is 0 Å². The summed E-state index contributed by atoms with van der Waals surface area (Å²) in [5.41, 5.74) is 2.56. The van der Waals surface area contributed by atoms with Crippen molar-refractivity contribution in [1.29, 1.82) is 0 Å². The molecule has 1 rings (SSSR count). The predicted molar refractivity (Wildman–Crippen MR) is 81.2 cm³/mol. The molecule has 0 aliphatic rings. The standard InChI is InChI=1S/C15H25NO2S/c1-4-13-8-10-14(11-9-13)15(16-3)7-6-12-19(17,18)5-2/h8-11,15-16H,4-7,12H2,1-3H3. The second-order valence-corrected chi connectivity index (χ2v) is 7.29. The van der Waals surface area contributed by atoms with Gasteiger partial charge in [0.05, 0.1) is 5.75 Å². The summed E-state index contributed by atoms with van der Waals surface area (Å²) in [6.07, 6.45) is 2.59. The molecule has 0 aliphatic heterocycles. The Balaban J connectivity index is 2.57. The van der Waals surface area contributed by atoms with Gasteiger partial charge in [0.15, 0.2) is 0 Å². The maximum Gasteiger partial charge on any atom is 0.150 e. The molecule has 0 heterocycles. The van der Waals surface area contributed by atoms with Crippen LogP contribution in [0.1, 0.15) is 43.9 Å². The Hall–Kier alpha value is -0.870. The molecular formula is C15H25NO2S. The van der Waals surface area contributed by atoms with Crippen molar-refractivity contribution in [3.8, 4) is 0 Å². The lowest BCUT2D eigenvalue weighted by Crippen LogP contribution is -2.18. The van der Waals surface area contributed by atoms with Crippen molar-refractivity contribution in [2.24, 2.45) is 0 Å². The highest BCUT2D eigenvalue weighted by atomic mass is 32.2. The van der Waals surface area contributed by atoms with Gasteiger partial charge in [-0.05, 0) is 37.4 Å². The van der Waals surface area contributed by atoms with Gasteiger partial charge in [0.1, 0.15) is 9.84 Å². The maximum atomic E-state index is 11.5. The van der Waals surface area contributed by atoms with E-state index in [2.05, 4.69) is 36.5 Å². The van der Waals surface area contributed by atoms with E-state index < -0.39 is 9.84 Å². The van der Waals surface area contributed by atoms with Gasteiger partial charge in [0.2, 0.25) is 0 Å². The Bertz CT molecular complexity index is 465. The number of hydrogen-bond donors (Lipinski definition) is 1. The molecule has 0 saturated carbocycles. The van der Waals surface area contributed by atoms with Crippen LogP contribution in [0.25, 0.3) is 0 Å². The molecule has 1 N–H and O–H groups in total. The average molecular weight is 283 g/mol. The molecule has 1 unspecified atom stereocenters. The largest absolute Gasteiger partial charge is 0.313 e. The summed E-state index contributed by atoms with van der Waals surface area (Å²) >= 11 is 0. The third-order valence-corrected chi connectivity index (χ3v) is 5.32. The molecule has 0 radical (unpaired) electrons. The number of rotatable bonds is 8. The van der Waals surface area contributed by atoms with Gasteiger partial charge in [-0.3, -0.25) is 0 Å². The van der Waals surface area contributed by atoms with Gasteiger partial charge in [-0.25, -0.2) is 8.42 Å². The van der Waals surface area contributed by atoms with Crippen LogP contribution in [0.15, 0.2) is 24.3 Å². The van der Waals surface area contributed by atoms with E-state index >= 15 is 0 Å². The van der Waals surface area contributed by atoms with E-state index in [-0.39, 0.29) is 17.5 Å². The number of sulfone groups is 1. The van der Waals surface area contributed by atoms with Crippen molar-refractivity contribution in [2.75, 3.05) is 18.6 Å². The van der Waals surface area contributed by atoms with Gasteiger partial charge in [0, 0.05) is 11.8 Å². The van der Waals surface area contributed by atoms with Gasteiger partial charge >= 0.3 is 0 Å². The highest BCUT2D eigenvalue weighted by molar-refractivity contribution is 7.91. The van der Waals surface area contributed by atoms with E-state index in [0.29, 0.717) is 6.42 Å². The second kappa shape index (κ2) is 7.65. The quantitative estimate of drug-likeness (QED) is 0.798. The van der Waals surface area contributed by atoms with E-state index in [4.69, 9.17) is 0 Å². The summed E-state index contributed by atoms with van der Waals surface area (Å²) in [6.45, 7) is 3.84. The SMILES string of the molecule is CCc1ccc(C(CCCS(=O)(=O)CC)NC)cc1. The van der Waals surface area contributed by atoms with Crippen LogP contribution in [-0.2, 0) is 16.3 Å². The zero-order valence-electron chi connectivity index (χ0n) is 12.1. The summed E-state index contributed by atoms with van der Waals surface area (Å²) in [5, 5.41) is 3.27. The molecule has 0 aliphatic carbocycles. The van der Waals surface area contributed by atoms with Crippen molar-refractivity contribution in [1.82, 2.24) is 5.32 Å². The Morgan fingerprint density at radius 3 is 2.26 bits per heavy atom. The topological polar surface area (TPSA) is 46.2 Å². The summed E-state index contributed by atoms with van der Waals surface area (Å²) in [4.78, 5) is 0. The second-order valence-electron chi connectivity index (χ2n) is 4.81. The summed E-state index contributed by atoms with van der Waals surface area (Å²) in [7, 11) is -0.921. The Kier molecular flexibility index (Phi) is 6.52. The van der Waals surface area contributed by atoms with E-state index in [9.17, 15) is 8.42 Å². The molecule has 0 bridgehead atoms. The molecule has 1 aromatic carbocycles. The molecule has 0 spiro atoms. The average Bonchev–Trinajstić information content (AvgIpc) is 2.44. The predicted octanol–water partition coefficient (Wildman–Crippen LogP) is 2.72. The van der Waals surface area contributed by atoms with E-state index in [0.717, 1.165) is 12.8 Å². The van der Waals surface area contributed by atoms with Crippen molar-refractivity contribution >= 4 is 9.84 Å². The Morgan fingerprint density at radius 2 is 1.79 bits per heavy atom. The van der Waals surface area contributed by atoms with Gasteiger partial charge in [-0.15, -0.1) is 0 Å². The van der Waals surface area contributed by atoms with Gasteiger partial charge in [-0.2, -0.15) is 0 Å². The monoisotopic (exact) mass is 283 g/mol. The van der Waals surface area contributed by atoms with Gasteiger partial charge in [-0.1, -0.05) is 38.1 Å². The van der Waals surface area contributed by atoms with Gasteiger partial charge in [0.25, 0.3) is 0 Å². The fraction of sp³-hybridized carbons (Fsp3) is 0.600. The highest BCUT2D eigenvalue weighted by Gasteiger charge is 2.12. The lowest BCUT2D eigenvalue weighted by molar-refractivity contribution is 0.535. The first kappa shape index (κ1) is 16.2. The molecule has 1 aromatic rings. The van der Waals surface area contributed by atoms with Crippen LogP contribution in [0.5, 0.6) is 0 Å². The number of nitrogens with one attached hydrogen (secondary N) is 1. The molecule has 108 valence electrons. The van der Waals surface area contributed by atoms with Crippen molar-refractivity contribution in [3.63, 3.8) is 0 Å². The lowest BCUT2D eigenvalue weighted by Gasteiger charge is -2.17. The van der Waals surface area contributed by atoms with Crippen LogP contribution in [0.4, 0.5) is 0 Å². The van der Waals surface area contributed by atoms with Crippen LogP contribution in [0.3, 0.4) is 0 Å². The van der Waals surface area contributed by atoms with Crippen molar-refractivity contribution in [3.05, 3.63) is 35.4 Å². The van der Waals surface area contributed by atoms with E-state index in [1.807, 2.05) is 7.05 Å². The molecule has 0 saturated heterocycles. The van der Waals surface area contributed by atoms with Crippen LogP contribution < -0.4 is 5.32 Å². The minimum Gasteiger partial charge on any atom is -0.313 e. The molecule has 0 aromatic heterocycles. The zero-order valence-corrected chi connectivity index (χ0v) is 13.0. The fourth-order valence-electron chi connectivity index (χ4n) is 2.12. The molecule has 0 fully saturated rings. The van der Waals surface area contributed by atoms with Crippen LogP contribution in [0, 0.1) is 0 Å². The van der Waals surface area contributed by atoms with Crippen LogP contribution in [-0.4, -0.2) is 27.0 Å². The number of hydrogen-bond acceptors (Lipinski definition) is 3. The number of benzene rings is 1. The molecular weight excluding hydrogens is 258 g/mol. The Labute approximate surface area is 117 Å². The van der Waals surface area contributed by atoms with Crippen molar-refractivity contribution < 1.29 is 8.42 Å². The first-order valence-corrected chi connectivity index (χ1v) is 8.81. The normalized spacial score (nSPS) is 13.4. The highest BCUT2D eigenvalue weighted by Crippen LogP contribution is 2.19. The lowest BCUT2D eigenvalue weighted by atomic mass is 10.0. The first-order valence-electron chi connectivity index (χ1n) is 6.99. The van der Waals surface area contributed by atoms with Gasteiger partial charge < -0.3 is 5.32 Å². The number of aryl methyl sites for hydroxylation is 1. The molecule has 1 atom stereocenters. The summed E-state index contributed by atoms with van der Waals surface area (Å²) in [6, 6.07) is 8.78. The first-order chi connectivity index (χ1) is 9.02. The molecule has 3 nitrogen and oxygen atoms in total.